The molecule has 0 bridgehead atoms. The molecular formula is C15H14BrFN2O3S. The fourth-order valence-electron chi connectivity index (χ4n) is 1.80. The first-order valence-electron chi connectivity index (χ1n) is 6.59. The van der Waals surface area contributed by atoms with Crippen LogP contribution in [0.2, 0.25) is 0 Å². The van der Waals surface area contributed by atoms with Crippen LogP contribution in [0.25, 0.3) is 0 Å². The molecule has 0 radical (unpaired) electrons. The van der Waals surface area contributed by atoms with Crippen molar-refractivity contribution in [2.45, 2.75) is 18.2 Å². The summed E-state index contributed by atoms with van der Waals surface area (Å²) >= 11 is 3.29. The average Bonchev–Trinajstić information content (AvgIpc) is 2.50. The molecule has 0 heterocycles. The molecule has 0 aliphatic rings. The standard InChI is InChI=1S/C15H14BrFN2O3S/c1-10-8-13(6-7-14(10)16)23(21,22)19-18-15(20)9-11-2-4-12(17)5-3-11/h2-8,19H,9H2,1H3,(H,18,20). The van der Waals surface area contributed by atoms with Gasteiger partial charge in [-0.2, -0.15) is 0 Å². The second-order valence-corrected chi connectivity index (χ2v) is 7.40. The summed E-state index contributed by atoms with van der Waals surface area (Å²) in [5, 5.41) is 0. The van der Waals surface area contributed by atoms with E-state index in [2.05, 4.69) is 21.4 Å². The third-order valence-corrected chi connectivity index (χ3v) is 5.18. The van der Waals surface area contributed by atoms with Gasteiger partial charge in [0, 0.05) is 4.47 Å². The smallest absolute Gasteiger partial charge is 0.257 e. The predicted octanol–water partition coefficient (Wildman–Crippen LogP) is 2.45. The monoisotopic (exact) mass is 400 g/mol. The lowest BCUT2D eigenvalue weighted by Gasteiger charge is -2.09. The minimum Gasteiger partial charge on any atom is -0.277 e. The summed E-state index contributed by atoms with van der Waals surface area (Å²) in [6.45, 7) is 1.76. The number of halogens is 2. The van der Waals surface area contributed by atoms with Crippen LogP contribution in [0.3, 0.4) is 0 Å². The molecule has 2 aromatic carbocycles. The van der Waals surface area contributed by atoms with Gasteiger partial charge in [-0.15, -0.1) is 4.83 Å². The Labute approximate surface area is 142 Å². The fourth-order valence-corrected chi connectivity index (χ4v) is 2.99. The van der Waals surface area contributed by atoms with Gasteiger partial charge in [0.25, 0.3) is 10.0 Å². The number of benzene rings is 2. The topological polar surface area (TPSA) is 75.3 Å². The largest absolute Gasteiger partial charge is 0.277 e. The van der Waals surface area contributed by atoms with Crippen LogP contribution in [-0.4, -0.2) is 14.3 Å². The van der Waals surface area contributed by atoms with Gasteiger partial charge in [-0.1, -0.05) is 28.1 Å². The van der Waals surface area contributed by atoms with Gasteiger partial charge in [0.1, 0.15) is 5.82 Å². The second-order valence-electron chi connectivity index (χ2n) is 4.87. The summed E-state index contributed by atoms with van der Waals surface area (Å²) in [6, 6.07) is 9.91. The number of rotatable bonds is 5. The molecule has 23 heavy (non-hydrogen) atoms. The molecular weight excluding hydrogens is 387 g/mol. The highest BCUT2D eigenvalue weighted by Crippen LogP contribution is 2.19. The zero-order chi connectivity index (χ0) is 17.0. The Hall–Kier alpha value is -1.77. The number of hydrogen-bond donors (Lipinski definition) is 2. The second kappa shape index (κ2) is 7.20. The van der Waals surface area contributed by atoms with Crippen LogP contribution in [0.4, 0.5) is 4.39 Å². The molecule has 2 rings (SSSR count). The van der Waals surface area contributed by atoms with E-state index in [4.69, 9.17) is 0 Å². The molecule has 0 aromatic heterocycles. The van der Waals surface area contributed by atoms with E-state index in [0.717, 1.165) is 10.0 Å². The van der Waals surface area contributed by atoms with E-state index in [1.54, 1.807) is 13.0 Å². The zero-order valence-corrected chi connectivity index (χ0v) is 14.5. The number of hydrogen-bond acceptors (Lipinski definition) is 3. The number of hydrazine groups is 1. The number of amides is 1. The molecule has 0 atom stereocenters. The van der Waals surface area contributed by atoms with E-state index in [0.29, 0.717) is 5.56 Å². The summed E-state index contributed by atoms with van der Waals surface area (Å²) < 4.78 is 37.8. The molecule has 0 fully saturated rings. The van der Waals surface area contributed by atoms with Gasteiger partial charge in [0.15, 0.2) is 0 Å². The molecule has 1 amide bonds. The minimum absolute atomic E-state index is 0.0419. The number of sulfonamides is 1. The van der Waals surface area contributed by atoms with E-state index >= 15 is 0 Å². The Kier molecular flexibility index (Phi) is 5.51. The van der Waals surface area contributed by atoms with Crippen molar-refractivity contribution in [3.8, 4) is 0 Å². The van der Waals surface area contributed by atoms with Crippen molar-refractivity contribution < 1.29 is 17.6 Å². The highest BCUT2D eigenvalue weighted by Gasteiger charge is 2.16. The van der Waals surface area contributed by atoms with Crippen molar-refractivity contribution in [3.05, 3.63) is 63.9 Å². The molecule has 0 saturated carbocycles. The quantitative estimate of drug-likeness (QED) is 0.756. The number of aryl methyl sites for hydroxylation is 1. The van der Waals surface area contributed by atoms with Crippen LogP contribution in [0, 0.1) is 12.7 Å². The molecule has 122 valence electrons. The Bertz CT molecular complexity index is 823. The summed E-state index contributed by atoms with van der Waals surface area (Å²) in [5.74, 6) is -0.950. The lowest BCUT2D eigenvalue weighted by atomic mass is 10.1. The predicted molar refractivity (Wildman–Crippen MR) is 87.4 cm³/mol. The van der Waals surface area contributed by atoms with Crippen LogP contribution >= 0.6 is 15.9 Å². The number of carbonyl (C=O) groups excluding carboxylic acids is 1. The first-order chi connectivity index (χ1) is 10.8. The van der Waals surface area contributed by atoms with E-state index in [-0.39, 0.29) is 11.3 Å². The fraction of sp³-hybridized carbons (Fsp3) is 0.133. The van der Waals surface area contributed by atoms with E-state index < -0.39 is 21.7 Å². The molecule has 0 unspecified atom stereocenters. The van der Waals surface area contributed by atoms with Crippen molar-refractivity contribution in [1.82, 2.24) is 10.3 Å². The lowest BCUT2D eigenvalue weighted by Crippen LogP contribution is -2.42. The SMILES string of the molecule is Cc1cc(S(=O)(=O)NNC(=O)Cc2ccc(F)cc2)ccc1Br. The Morgan fingerprint density at radius 1 is 1.17 bits per heavy atom. The molecule has 2 aromatic rings. The molecule has 0 spiro atoms. The molecule has 5 nitrogen and oxygen atoms in total. The van der Waals surface area contributed by atoms with Crippen molar-refractivity contribution in [1.29, 1.82) is 0 Å². The molecule has 0 aliphatic carbocycles. The first-order valence-corrected chi connectivity index (χ1v) is 8.87. The average molecular weight is 401 g/mol. The van der Waals surface area contributed by atoms with E-state index in [9.17, 15) is 17.6 Å². The van der Waals surface area contributed by atoms with Gasteiger partial charge in [-0.3, -0.25) is 10.2 Å². The van der Waals surface area contributed by atoms with Crippen LogP contribution < -0.4 is 10.3 Å². The van der Waals surface area contributed by atoms with Crippen LogP contribution in [0.1, 0.15) is 11.1 Å². The highest BCUT2D eigenvalue weighted by molar-refractivity contribution is 9.10. The Morgan fingerprint density at radius 3 is 2.43 bits per heavy atom. The van der Waals surface area contributed by atoms with Crippen LogP contribution in [-0.2, 0) is 21.2 Å². The third-order valence-electron chi connectivity index (χ3n) is 3.04. The molecule has 8 heteroatoms. The summed E-state index contributed by atoms with van der Waals surface area (Å²) in [6.07, 6.45) is -0.0673. The van der Waals surface area contributed by atoms with Gasteiger partial charge in [-0.05, 0) is 48.4 Å². The van der Waals surface area contributed by atoms with E-state index in [1.165, 1.54) is 36.4 Å². The molecule has 0 saturated heterocycles. The maximum absolute atomic E-state index is 12.8. The number of nitrogens with one attached hydrogen (secondary N) is 2. The molecule has 2 N–H and O–H groups in total. The Balaban J connectivity index is 1.99. The minimum atomic E-state index is -3.86. The normalized spacial score (nSPS) is 11.3. The van der Waals surface area contributed by atoms with E-state index in [1.807, 2.05) is 4.83 Å². The summed E-state index contributed by atoms with van der Waals surface area (Å²) in [4.78, 5) is 13.8. The van der Waals surface area contributed by atoms with Crippen LogP contribution in [0.15, 0.2) is 51.8 Å². The maximum atomic E-state index is 12.8. The van der Waals surface area contributed by atoms with Gasteiger partial charge in [-0.25, -0.2) is 12.8 Å². The van der Waals surface area contributed by atoms with Gasteiger partial charge in [0.05, 0.1) is 11.3 Å². The summed E-state index contributed by atoms with van der Waals surface area (Å²) in [7, 11) is -3.86. The maximum Gasteiger partial charge on any atom is 0.257 e. The van der Waals surface area contributed by atoms with Gasteiger partial charge >= 0.3 is 0 Å². The first kappa shape index (κ1) is 17.6. The van der Waals surface area contributed by atoms with Gasteiger partial charge in [0.2, 0.25) is 5.91 Å². The Morgan fingerprint density at radius 2 is 1.83 bits per heavy atom. The van der Waals surface area contributed by atoms with Crippen molar-refractivity contribution in [2.24, 2.45) is 0 Å². The van der Waals surface area contributed by atoms with Gasteiger partial charge < -0.3 is 0 Å². The highest BCUT2D eigenvalue weighted by atomic mass is 79.9. The van der Waals surface area contributed by atoms with Crippen LogP contribution in [0.5, 0.6) is 0 Å². The van der Waals surface area contributed by atoms with Crippen molar-refractivity contribution in [3.63, 3.8) is 0 Å². The summed E-state index contributed by atoms with van der Waals surface area (Å²) in [5.41, 5.74) is 3.46. The van der Waals surface area contributed by atoms with Crippen molar-refractivity contribution in [2.75, 3.05) is 0 Å². The third kappa shape index (κ3) is 4.85. The molecule has 0 aliphatic heterocycles. The zero-order valence-electron chi connectivity index (χ0n) is 12.1. The van der Waals surface area contributed by atoms with Crippen molar-refractivity contribution >= 4 is 31.9 Å². The lowest BCUT2D eigenvalue weighted by molar-refractivity contribution is -0.120. The number of carbonyl (C=O) groups is 1.